The molecule has 2 heterocycles. The highest BCUT2D eigenvalue weighted by molar-refractivity contribution is 5.95. The van der Waals surface area contributed by atoms with E-state index < -0.39 is 23.7 Å². The predicted molar refractivity (Wildman–Crippen MR) is 211 cm³/mol. The van der Waals surface area contributed by atoms with Gasteiger partial charge in [-0.3, -0.25) is 14.4 Å². The molecule has 0 unspecified atom stereocenters. The van der Waals surface area contributed by atoms with Gasteiger partial charge in [-0.05, 0) is 59.6 Å². The number of ether oxygens (including phenoxy) is 1. The van der Waals surface area contributed by atoms with E-state index >= 15 is 0 Å². The lowest BCUT2D eigenvalue weighted by Crippen LogP contribution is -2.51. The van der Waals surface area contributed by atoms with E-state index in [1.165, 1.54) is 24.3 Å². The van der Waals surface area contributed by atoms with Crippen LogP contribution in [0.3, 0.4) is 0 Å². The Morgan fingerprint density at radius 2 is 1.48 bits per heavy atom. The van der Waals surface area contributed by atoms with E-state index in [4.69, 9.17) is 4.74 Å². The zero-order chi connectivity index (χ0) is 40.2. The molecule has 3 amide bonds. The van der Waals surface area contributed by atoms with Crippen LogP contribution in [0, 0.1) is 0 Å². The summed E-state index contributed by atoms with van der Waals surface area (Å²) >= 11 is 0. The summed E-state index contributed by atoms with van der Waals surface area (Å²) in [4.78, 5) is 54.1. The van der Waals surface area contributed by atoms with Crippen LogP contribution in [0.5, 0.6) is 5.88 Å². The molecule has 1 atom stereocenters. The number of benzene rings is 3. The van der Waals surface area contributed by atoms with Gasteiger partial charge in [0, 0.05) is 96.8 Å². The molecule has 0 saturated carbocycles. The highest BCUT2D eigenvalue weighted by Crippen LogP contribution is 2.29. The maximum absolute atomic E-state index is 14.5. The Morgan fingerprint density at radius 1 is 0.821 bits per heavy atom. The summed E-state index contributed by atoms with van der Waals surface area (Å²) < 4.78 is 44.8. The van der Waals surface area contributed by atoms with Crippen molar-refractivity contribution in [3.05, 3.63) is 131 Å². The van der Waals surface area contributed by atoms with E-state index in [1.807, 2.05) is 72.6 Å². The topological polar surface area (TPSA) is 89.5 Å². The second kappa shape index (κ2) is 19.3. The molecule has 1 aromatic heterocycles. The Bertz CT molecular complexity index is 1910. The number of halogens is 3. The summed E-state index contributed by atoms with van der Waals surface area (Å²) in [5.74, 6) is -0.120. The van der Waals surface area contributed by atoms with Crippen molar-refractivity contribution in [1.29, 1.82) is 0 Å². The van der Waals surface area contributed by atoms with Gasteiger partial charge in [0.2, 0.25) is 23.6 Å². The van der Waals surface area contributed by atoms with Crippen molar-refractivity contribution >= 4 is 29.5 Å². The number of likely N-dealkylation sites (N-methyl/N-ethyl adjacent to an activating group) is 2. The van der Waals surface area contributed by atoms with Crippen LogP contribution < -0.4 is 9.64 Å². The third-order valence-electron chi connectivity index (χ3n) is 9.90. The largest absolute Gasteiger partial charge is 0.481 e. The first kappa shape index (κ1) is 41.5. The Kier molecular flexibility index (Phi) is 14.3. The molecule has 0 spiro atoms. The van der Waals surface area contributed by atoms with Crippen molar-refractivity contribution in [2.24, 2.45) is 0 Å². The van der Waals surface area contributed by atoms with Crippen LogP contribution in [0.4, 0.5) is 18.9 Å². The number of amides is 3. The standard InChI is InChI=1S/C43H49F3N6O4/c1-32(53)50-24-26-51(27-25-50)38-18-12-35(13-19-38)31-52(41(54)21-15-33-10-16-37(17-11-33)43(44,45)46)39(28-34-8-6-5-7-9-34)42(55)49(3)23-22-48(2)30-36-14-20-40(56-4)47-29-36/h5-21,29,39H,22-28,30-31H2,1-4H3/b21-15+/t39-/m0/s1. The first-order valence-electron chi connectivity index (χ1n) is 18.5. The molecule has 1 saturated heterocycles. The molecule has 0 radical (unpaired) electrons. The van der Waals surface area contributed by atoms with Crippen molar-refractivity contribution < 1.29 is 32.3 Å². The molecule has 0 N–H and O–H groups in total. The maximum atomic E-state index is 14.5. The molecule has 1 fully saturated rings. The molecule has 13 heteroatoms. The average Bonchev–Trinajstić information content (AvgIpc) is 3.20. The Morgan fingerprint density at radius 3 is 2.07 bits per heavy atom. The van der Waals surface area contributed by atoms with Gasteiger partial charge in [-0.2, -0.15) is 13.2 Å². The van der Waals surface area contributed by atoms with Crippen molar-refractivity contribution in [3.63, 3.8) is 0 Å². The van der Waals surface area contributed by atoms with Gasteiger partial charge in [0.05, 0.1) is 12.7 Å². The number of aromatic nitrogens is 1. The molecule has 4 aromatic rings. The lowest BCUT2D eigenvalue weighted by molar-refractivity contribution is -0.143. The average molecular weight is 771 g/mol. The van der Waals surface area contributed by atoms with Crippen LogP contribution in [-0.4, -0.2) is 109 Å². The lowest BCUT2D eigenvalue weighted by Gasteiger charge is -2.36. The molecular weight excluding hydrogens is 722 g/mol. The van der Waals surface area contributed by atoms with E-state index in [2.05, 4.69) is 14.8 Å². The van der Waals surface area contributed by atoms with Gasteiger partial charge in [0.1, 0.15) is 6.04 Å². The Labute approximate surface area is 326 Å². The summed E-state index contributed by atoms with van der Waals surface area (Å²) in [7, 11) is 5.25. The quantitative estimate of drug-likeness (QED) is 0.137. The summed E-state index contributed by atoms with van der Waals surface area (Å²) in [5, 5.41) is 0. The fourth-order valence-corrected chi connectivity index (χ4v) is 6.55. The number of hydrogen-bond acceptors (Lipinski definition) is 7. The van der Waals surface area contributed by atoms with E-state index in [1.54, 1.807) is 43.1 Å². The van der Waals surface area contributed by atoms with Crippen LogP contribution in [0.1, 0.15) is 34.7 Å². The number of methoxy groups -OCH3 is 1. The predicted octanol–water partition coefficient (Wildman–Crippen LogP) is 6.02. The number of anilines is 1. The van der Waals surface area contributed by atoms with Crippen molar-refractivity contribution in [2.45, 2.75) is 38.7 Å². The molecule has 1 aliphatic rings. The van der Waals surface area contributed by atoms with E-state index in [-0.39, 0.29) is 24.8 Å². The molecule has 56 heavy (non-hydrogen) atoms. The zero-order valence-electron chi connectivity index (χ0n) is 32.3. The molecule has 3 aromatic carbocycles. The molecular formula is C43H49F3N6O4. The van der Waals surface area contributed by atoms with E-state index in [0.717, 1.165) is 34.5 Å². The fourth-order valence-electron chi connectivity index (χ4n) is 6.55. The third-order valence-corrected chi connectivity index (χ3v) is 9.90. The highest BCUT2D eigenvalue weighted by Gasteiger charge is 2.32. The van der Waals surface area contributed by atoms with Crippen molar-refractivity contribution in [1.82, 2.24) is 24.6 Å². The summed E-state index contributed by atoms with van der Waals surface area (Å²) in [6, 6.07) is 24.7. The minimum Gasteiger partial charge on any atom is -0.481 e. The Balaban J connectivity index is 1.39. The summed E-state index contributed by atoms with van der Waals surface area (Å²) in [6.07, 6.45) is 0.300. The van der Waals surface area contributed by atoms with E-state index in [9.17, 15) is 27.6 Å². The highest BCUT2D eigenvalue weighted by atomic mass is 19.4. The van der Waals surface area contributed by atoms with Crippen LogP contribution in [-0.2, 0) is 40.1 Å². The van der Waals surface area contributed by atoms with Gasteiger partial charge in [0.25, 0.3) is 0 Å². The summed E-state index contributed by atoms with van der Waals surface area (Å²) in [5.41, 5.74) is 3.28. The van der Waals surface area contributed by atoms with Gasteiger partial charge >= 0.3 is 6.18 Å². The normalized spacial score (nSPS) is 13.9. The fraction of sp³-hybridized carbons (Fsp3) is 0.349. The Hall–Kier alpha value is -5.69. The molecule has 1 aliphatic heterocycles. The number of rotatable bonds is 15. The maximum Gasteiger partial charge on any atom is 0.416 e. The zero-order valence-corrected chi connectivity index (χ0v) is 32.3. The number of hydrogen-bond donors (Lipinski definition) is 0. The molecule has 296 valence electrons. The van der Waals surface area contributed by atoms with Gasteiger partial charge in [-0.15, -0.1) is 0 Å². The first-order valence-corrected chi connectivity index (χ1v) is 18.5. The van der Waals surface area contributed by atoms with Crippen LogP contribution in [0.25, 0.3) is 6.08 Å². The molecule has 10 nitrogen and oxygen atoms in total. The molecule has 0 aliphatic carbocycles. The summed E-state index contributed by atoms with van der Waals surface area (Å²) in [6.45, 7) is 5.89. The number of nitrogens with zero attached hydrogens (tertiary/aromatic N) is 6. The number of piperazine rings is 1. The van der Waals surface area contributed by atoms with Gasteiger partial charge in [-0.1, -0.05) is 60.7 Å². The number of pyridine rings is 1. The van der Waals surface area contributed by atoms with Gasteiger partial charge < -0.3 is 29.2 Å². The van der Waals surface area contributed by atoms with Crippen molar-refractivity contribution in [2.75, 3.05) is 65.4 Å². The molecule has 5 rings (SSSR count). The van der Waals surface area contributed by atoms with Gasteiger partial charge in [-0.25, -0.2) is 4.98 Å². The second-order valence-corrected chi connectivity index (χ2v) is 14.0. The van der Waals surface area contributed by atoms with Gasteiger partial charge in [0.15, 0.2) is 0 Å². The van der Waals surface area contributed by atoms with E-state index in [0.29, 0.717) is 57.3 Å². The minimum atomic E-state index is -4.48. The molecule has 0 bridgehead atoms. The minimum absolute atomic E-state index is 0.0560. The van der Waals surface area contributed by atoms with Crippen LogP contribution in [0.15, 0.2) is 103 Å². The SMILES string of the molecule is COc1ccc(CN(C)CCN(C)C(=O)[C@H](Cc2ccccc2)N(Cc2ccc(N3CCN(C(C)=O)CC3)cc2)C(=O)/C=C/c2ccc(C(F)(F)F)cc2)cn1. The number of alkyl halides is 3. The van der Waals surface area contributed by atoms with Crippen molar-refractivity contribution in [3.8, 4) is 5.88 Å². The number of carbonyl (C=O) groups is 3. The smallest absolute Gasteiger partial charge is 0.416 e. The number of carbonyl (C=O) groups excluding carboxylic acids is 3. The second-order valence-electron chi connectivity index (χ2n) is 14.0. The van der Waals surface area contributed by atoms with Crippen LogP contribution >= 0.6 is 0 Å². The lowest BCUT2D eigenvalue weighted by atomic mass is 10.0. The first-order chi connectivity index (χ1) is 26.8. The van der Waals surface area contributed by atoms with Crippen LogP contribution in [0.2, 0.25) is 0 Å². The third kappa shape index (κ3) is 11.7. The monoisotopic (exact) mass is 770 g/mol.